The number of rotatable bonds is 15. The number of ketones is 1. The third kappa shape index (κ3) is 5.97. The molecule has 0 unspecified atom stereocenters. The fraction of sp³-hybridized carbons (Fsp3) is 0.811. The highest BCUT2D eigenvalue weighted by Gasteiger charge is 2.88. The van der Waals surface area contributed by atoms with Gasteiger partial charge in [-0.15, -0.1) is 0 Å². The Hall–Kier alpha value is -2.03. The number of esters is 2. The van der Waals surface area contributed by atoms with Gasteiger partial charge < -0.3 is 24.8 Å². The van der Waals surface area contributed by atoms with E-state index in [-0.39, 0.29) is 25.4 Å². The minimum Gasteiger partial charge on any atom is -0.457 e. The number of hydrogen-bond donors (Lipinski definition) is 3. The summed E-state index contributed by atoms with van der Waals surface area (Å²) in [4.78, 5) is 40.3. The molecule has 4 rings (SSSR count). The molecule has 2 fully saturated rings. The minimum atomic E-state index is -1.94. The van der Waals surface area contributed by atoms with E-state index in [0.717, 1.165) is 19.3 Å². The summed E-state index contributed by atoms with van der Waals surface area (Å²) in [6.45, 7) is 12.9. The topological polar surface area (TPSA) is 130 Å². The van der Waals surface area contributed by atoms with E-state index in [2.05, 4.69) is 6.92 Å². The Labute approximate surface area is 270 Å². The van der Waals surface area contributed by atoms with Gasteiger partial charge in [0.2, 0.25) is 0 Å². The molecule has 0 aromatic rings. The summed E-state index contributed by atoms with van der Waals surface area (Å²) in [5.41, 5.74) is -4.75. The Morgan fingerprint density at radius 2 is 1.60 bits per heavy atom. The molecule has 3 N–H and O–H groups in total. The quantitative estimate of drug-likeness (QED) is 0.114. The lowest BCUT2D eigenvalue weighted by Gasteiger charge is -2.53. The van der Waals surface area contributed by atoms with Gasteiger partial charge in [-0.25, -0.2) is 0 Å². The van der Waals surface area contributed by atoms with Gasteiger partial charge in [0.25, 0.3) is 0 Å². The van der Waals surface area contributed by atoms with Crippen molar-refractivity contribution in [3.63, 3.8) is 0 Å². The number of ether oxygens (including phenoxy) is 2. The zero-order chi connectivity index (χ0) is 33.4. The normalized spacial score (nSPS) is 36.9. The first-order valence-corrected chi connectivity index (χ1v) is 17.6. The molecular weight excluding hydrogens is 572 g/mol. The molecule has 8 nitrogen and oxygen atoms in total. The molecule has 0 saturated heterocycles. The van der Waals surface area contributed by atoms with Crippen LogP contribution in [0.1, 0.15) is 126 Å². The van der Waals surface area contributed by atoms with Crippen LogP contribution in [0, 0.1) is 35.0 Å². The first kappa shape index (κ1) is 35.8. The van der Waals surface area contributed by atoms with Gasteiger partial charge in [-0.3, -0.25) is 14.4 Å². The van der Waals surface area contributed by atoms with Gasteiger partial charge in [0.15, 0.2) is 11.4 Å². The minimum absolute atomic E-state index is 0.109. The Kier molecular flexibility index (Phi) is 10.8. The molecule has 0 aliphatic heterocycles. The second kappa shape index (κ2) is 13.6. The zero-order valence-electron chi connectivity index (χ0n) is 28.7. The number of hydrogen-bond acceptors (Lipinski definition) is 8. The van der Waals surface area contributed by atoms with Gasteiger partial charge in [-0.2, -0.15) is 0 Å². The lowest BCUT2D eigenvalue weighted by atomic mass is 9.59. The van der Waals surface area contributed by atoms with Crippen LogP contribution < -0.4 is 0 Å². The summed E-state index contributed by atoms with van der Waals surface area (Å²) in [6.07, 6.45) is 13.3. The van der Waals surface area contributed by atoms with Crippen molar-refractivity contribution in [1.82, 2.24) is 0 Å². The van der Waals surface area contributed by atoms with E-state index in [9.17, 15) is 29.7 Å². The first-order chi connectivity index (χ1) is 21.2. The predicted octanol–water partition coefficient (Wildman–Crippen LogP) is 6.00. The molecule has 0 heterocycles. The van der Waals surface area contributed by atoms with Crippen molar-refractivity contribution in [2.45, 2.75) is 148 Å². The van der Waals surface area contributed by atoms with Gasteiger partial charge in [0, 0.05) is 41.9 Å². The molecule has 8 heteroatoms. The fourth-order valence-electron chi connectivity index (χ4n) is 9.05. The highest BCUT2D eigenvalue weighted by molar-refractivity contribution is 6.04. The van der Waals surface area contributed by atoms with Crippen molar-refractivity contribution in [3.05, 3.63) is 23.3 Å². The number of carbonyl (C=O) groups excluding carboxylic acids is 3. The number of fused-ring (bicyclic) bond motifs is 5. The molecule has 0 radical (unpaired) electrons. The van der Waals surface area contributed by atoms with E-state index in [4.69, 9.17) is 9.47 Å². The number of Topliss-reactive ketones (excluding diaryl/α,β-unsaturated/α-hetero) is 1. The average molecular weight is 631 g/mol. The molecule has 0 aromatic carbocycles. The molecule has 9 atom stereocenters. The van der Waals surface area contributed by atoms with Crippen LogP contribution in [0.2, 0.25) is 0 Å². The second-order valence-corrected chi connectivity index (χ2v) is 15.2. The SMILES string of the molecule is CCCCCCCCCCCC(=O)O[C@@]12[C@H](OC(=O)[C@H](C)CC)[C@@H](C)[C@@]3(O)[C@H](C=C(CO)C[C@]4(O)C(=O)C(C)=C[C@H]34)[C@H]1C2(C)C. The number of aliphatic hydroxyl groups is 3. The van der Waals surface area contributed by atoms with Gasteiger partial charge in [0.1, 0.15) is 11.7 Å². The lowest BCUT2D eigenvalue weighted by molar-refractivity contribution is -0.230. The molecule has 0 amide bonds. The Morgan fingerprint density at radius 1 is 1.00 bits per heavy atom. The molecule has 4 aliphatic carbocycles. The molecule has 0 spiro atoms. The maximum absolute atomic E-state index is 13.5. The average Bonchev–Trinajstić information content (AvgIpc) is 3.43. The lowest BCUT2D eigenvalue weighted by Crippen LogP contribution is -2.66. The summed E-state index contributed by atoms with van der Waals surface area (Å²) in [7, 11) is 0. The summed E-state index contributed by atoms with van der Waals surface area (Å²) in [5.74, 6) is -4.60. The van der Waals surface area contributed by atoms with E-state index < -0.39 is 69.7 Å². The summed E-state index contributed by atoms with van der Waals surface area (Å²) >= 11 is 0. The standard InChI is InChI=1S/C37H58O8/c1-8-10-11-12-13-14-15-16-17-18-29(39)45-37-30(34(37,6)7)27-20-26(22-38)21-35(42)28(19-24(4)31(35)40)36(27,43)25(5)32(37)44-33(41)23(3)9-2/h19-20,23,25,27-28,30,32,38,42-43H,8-18,21-22H2,1-7H3/t23-,25-,27-,28+,30+,32-,35-,36-,37-/m1/s1. The van der Waals surface area contributed by atoms with E-state index in [0.29, 0.717) is 24.0 Å². The van der Waals surface area contributed by atoms with Gasteiger partial charge in [0.05, 0.1) is 18.1 Å². The van der Waals surface area contributed by atoms with Crippen LogP contribution in [0.25, 0.3) is 0 Å². The highest BCUT2D eigenvalue weighted by atomic mass is 16.6. The second-order valence-electron chi connectivity index (χ2n) is 15.2. The van der Waals surface area contributed by atoms with Gasteiger partial charge in [-0.1, -0.05) is 105 Å². The first-order valence-electron chi connectivity index (χ1n) is 17.6. The highest BCUT2D eigenvalue weighted by Crippen LogP contribution is 2.77. The van der Waals surface area contributed by atoms with Crippen molar-refractivity contribution < 1.29 is 39.2 Å². The molecule has 4 aliphatic rings. The van der Waals surface area contributed by atoms with Crippen LogP contribution in [0.15, 0.2) is 23.3 Å². The Morgan fingerprint density at radius 3 is 2.18 bits per heavy atom. The monoisotopic (exact) mass is 630 g/mol. The van der Waals surface area contributed by atoms with Crippen LogP contribution >= 0.6 is 0 Å². The number of unbranched alkanes of at least 4 members (excludes halogenated alkanes) is 8. The van der Waals surface area contributed by atoms with Crippen LogP contribution in [0.4, 0.5) is 0 Å². The predicted molar refractivity (Wildman–Crippen MR) is 172 cm³/mol. The van der Waals surface area contributed by atoms with E-state index in [1.165, 1.54) is 32.1 Å². The molecule has 0 bridgehead atoms. The van der Waals surface area contributed by atoms with Crippen LogP contribution in [-0.4, -0.2) is 62.6 Å². The molecule has 254 valence electrons. The van der Waals surface area contributed by atoms with E-state index in [1.807, 2.05) is 20.8 Å². The summed E-state index contributed by atoms with van der Waals surface area (Å²) < 4.78 is 12.7. The zero-order valence-corrected chi connectivity index (χ0v) is 28.7. The summed E-state index contributed by atoms with van der Waals surface area (Å²) in [6, 6.07) is 0. The largest absolute Gasteiger partial charge is 0.457 e. The molecule has 2 saturated carbocycles. The van der Waals surface area contributed by atoms with Gasteiger partial charge in [-0.05, 0) is 30.9 Å². The van der Waals surface area contributed by atoms with Crippen molar-refractivity contribution in [1.29, 1.82) is 0 Å². The summed E-state index contributed by atoms with van der Waals surface area (Å²) in [5, 5.41) is 35.1. The van der Waals surface area contributed by atoms with Crippen molar-refractivity contribution in [2.24, 2.45) is 35.0 Å². The Bertz CT molecular complexity index is 1190. The van der Waals surface area contributed by atoms with Crippen molar-refractivity contribution in [2.75, 3.05) is 6.61 Å². The Balaban J connectivity index is 1.64. The van der Waals surface area contributed by atoms with Crippen molar-refractivity contribution >= 4 is 17.7 Å². The van der Waals surface area contributed by atoms with Crippen LogP contribution in [0.5, 0.6) is 0 Å². The van der Waals surface area contributed by atoms with E-state index in [1.54, 1.807) is 32.9 Å². The number of carbonyl (C=O) groups is 3. The van der Waals surface area contributed by atoms with E-state index >= 15 is 0 Å². The van der Waals surface area contributed by atoms with Crippen LogP contribution in [-0.2, 0) is 23.9 Å². The molecule has 45 heavy (non-hydrogen) atoms. The maximum Gasteiger partial charge on any atom is 0.309 e. The van der Waals surface area contributed by atoms with Gasteiger partial charge >= 0.3 is 11.9 Å². The third-order valence-corrected chi connectivity index (χ3v) is 12.0. The third-order valence-electron chi connectivity index (χ3n) is 12.0. The number of aliphatic hydroxyl groups excluding tert-OH is 1. The fourth-order valence-corrected chi connectivity index (χ4v) is 9.05. The van der Waals surface area contributed by atoms with Crippen molar-refractivity contribution in [3.8, 4) is 0 Å². The van der Waals surface area contributed by atoms with Crippen LogP contribution in [0.3, 0.4) is 0 Å². The molecular formula is C37H58O8. The smallest absolute Gasteiger partial charge is 0.309 e. The maximum atomic E-state index is 13.5. The molecule has 0 aromatic heterocycles.